The number of nitrogens with zero attached hydrogens (tertiary/aromatic N) is 2. The predicted molar refractivity (Wildman–Crippen MR) is 82.1 cm³/mol. The van der Waals surface area contributed by atoms with Crippen LogP contribution in [0.15, 0.2) is 23.1 Å². The van der Waals surface area contributed by atoms with Crippen LogP contribution in [0.25, 0.3) is 0 Å². The molecule has 5 nitrogen and oxygen atoms in total. The van der Waals surface area contributed by atoms with Crippen LogP contribution in [0.5, 0.6) is 0 Å². The Bertz CT molecular complexity index is 446. The summed E-state index contributed by atoms with van der Waals surface area (Å²) in [5.41, 5.74) is 8.04. The largest absolute Gasteiger partial charge is 0.399 e. The maximum absolute atomic E-state index is 5.96. The first kappa shape index (κ1) is 14.0. The van der Waals surface area contributed by atoms with Gasteiger partial charge in [-0.1, -0.05) is 0 Å². The highest BCUT2D eigenvalue weighted by molar-refractivity contribution is 7.97. The highest BCUT2D eigenvalue weighted by atomic mass is 32.2. The van der Waals surface area contributed by atoms with Crippen molar-refractivity contribution in [2.45, 2.75) is 4.90 Å². The van der Waals surface area contributed by atoms with Crippen molar-refractivity contribution in [3.8, 4) is 0 Å². The molecular weight excluding hydrogens is 274 g/mol. The summed E-state index contributed by atoms with van der Waals surface area (Å²) in [7, 11) is 0. The lowest BCUT2D eigenvalue weighted by Gasteiger charge is -2.32. The predicted octanol–water partition coefficient (Wildman–Crippen LogP) is 1.44. The van der Waals surface area contributed by atoms with Gasteiger partial charge in [0, 0.05) is 36.8 Å². The van der Waals surface area contributed by atoms with Gasteiger partial charge >= 0.3 is 0 Å². The first-order valence-corrected chi connectivity index (χ1v) is 7.83. The zero-order chi connectivity index (χ0) is 13.8. The molecule has 0 saturated carbocycles. The van der Waals surface area contributed by atoms with Crippen molar-refractivity contribution >= 4 is 23.3 Å². The number of nitrogens with two attached hydrogens (primary N) is 1. The first-order valence-electron chi connectivity index (χ1n) is 7.06. The van der Waals surface area contributed by atoms with Crippen molar-refractivity contribution in [1.82, 2.24) is 4.31 Å². The molecule has 2 fully saturated rings. The van der Waals surface area contributed by atoms with Crippen molar-refractivity contribution in [2.75, 3.05) is 63.2 Å². The number of ether oxygens (including phenoxy) is 2. The van der Waals surface area contributed by atoms with Crippen LogP contribution in [0.4, 0.5) is 11.4 Å². The molecule has 20 heavy (non-hydrogen) atoms. The summed E-state index contributed by atoms with van der Waals surface area (Å²) in [6.45, 7) is 7.02. The number of hydrogen-bond donors (Lipinski definition) is 1. The average Bonchev–Trinajstić information content (AvgIpc) is 2.49. The van der Waals surface area contributed by atoms with Crippen molar-refractivity contribution in [3.63, 3.8) is 0 Å². The lowest BCUT2D eigenvalue weighted by Crippen LogP contribution is -2.37. The molecule has 0 bridgehead atoms. The van der Waals surface area contributed by atoms with Crippen LogP contribution in [-0.4, -0.2) is 56.9 Å². The van der Waals surface area contributed by atoms with Crippen LogP contribution < -0.4 is 10.6 Å². The van der Waals surface area contributed by atoms with E-state index in [-0.39, 0.29) is 0 Å². The Hall–Kier alpha value is -0.950. The number of hydrogen-bond acceptors (Lipinski definition) is 6. The summed E-state index contributed by atoms with van der Waals surface area (Å²) >= 11 is 1.79. The van der Waals surface area contributed by atoms with Crippen LogP contribution in [0, 0.1) is 0 Å². The van der Waals surface area contributed by atoms with E-state index in [0.717, 1.165) is 58.3 Å². The fourth-order valence-electron chi connectivity index (χ4n) is 2.45. The summed E-state index contributed by atoms with van der Waals surface area (Å²) in [5, 5.41) is 0. The summed E-state index contributed by atoms with van der Waals surface area (Å²) in [5.74, 6) is 0. The Morgan fingerprint density at radius 2 is 1.60 bits per heavy atom. The van der Waals surface area contributed by atoms with Gasteiger partial charge < -0.3 is 20.1 Å². The average molecular weight is 295 g/mol. The quantitative estimate of drug-likeness (QED) is 0.673. The molecule has 0 aliphatic carbocycles. The minimum Gasteiger partial charge on any atom is -0.399 e. The topological polar surface area (TPSA) is 51.0 Å². The Morgan fingerprint density at radius 3 is 2.30 bits per heavy atom. The fraction of sp³-hybridized carbons (Fsp3) is 0.571. The molecule has 0 amide bonds. The van der Waals surface area contributed by atoms with Crippen molar-refractivity contribution in [3.05, 3.63) is 18.2 Å². The number of morpholine rings is 2. The van der Waals surface area contributed by atoms with Gasteiger partial charge in [0.05, 0.1) is 32.1 Å². The standard InChI is InChI=1S/C14H21N3O2S/c15-12-1-2-13(16-3-7-18-8-4-16)14(11-12)20-17-5-9-19-10-6-17/h1-2,11H,3-10,15H2. The molecular formula is C14H21N3O2S. The second-order valence-corrected chi connectivity index (χ2v) is 6.10. The van der Waals surface area contributed by atoms with Crippen LogP contribution in [0.2, 0.25) is 0 Å². The van der Waals surface area contributed by atoms with Crippen LogP contribution in [-0.2, 0) is 9.47 Å². The van der Waals surface area contributed by atoms with Gasteiger partial charge in [-0.15, -0.1) is 0 Å². The van der Waals surface area contributed by atoms with Gasteiger partial charge in [-0.3, -0.25) is 0 Å². The second-order valence-electron chi connectivity index (χ2n) is 4.96. The molecule has 0 spiro atoms. The highest BCUT2D eigenvalue weighted by Gasteiger charge is 2.18. The number of anilines is 2. The van der Waals surface area contributed by atoms with Crippen LogP contribution in [0.1, 0.15) is 0 Å². The number of nitrogen functional groups attached to an aromatic ring is 1. The van der Waals surface area contributed by atoms with E-state index < -0.39 is 0 Å². The third kappa shape index (κ3) is 3.38. The van der Waals surface area contributed by atoms with Crippen molar-refractivity contribution in [2.24, 2.45) is 0 Å². The van der Waals surface area contributed by atoms with Crippen molar-refractivity contribution in [1.29, 1.82) is 0 Å². The molecule has 6 heteroatoms. The van der Waals surface area contributed by atoms with E-state index in [1.54, 1.807) is 11.9 Å². The maximum Gasteiger partial charge on any atom is 0.0642 e. The Balaban J connectivity index is 1.77. The first-order chi connectivity index (χ1) is 9.83. The molecule has 2 saturated heterocycles. The number of benzene rings is 1. The van der Waals surface area contributed by atoms with E-state index >= 15 is 0 Å². The summed E-state index contributed by atoms with van der Waals surface area (Å²) in [4.78, 5) is 3.61. The lowest BCUT2D eigenvalue weighted by molar-refractivity contribution is 0.0773. The lowest BCUT2D eigenvalue weighted by atomic mass is 10.2. The maximum atomic E-state index is 5.96. The minimum atomic E-state index is 0.798. The third-order valence-corrected chi connectivity index (χ3v) is 4.68. The molecule has 2 aliphatic heterocycles. The molecule has 3 rings (SSSR count). The van der Waals surface area contributed by atoms with Gasteiger partial charge in [-0.25, -0.2) is 4.31 Å². The Labute approximate surface area is 124 Å². The van der Waals surface area contributed by atoms with E-state index in [9.17, 15) is 0 Å². The highest BCUT2D eigenvalue weighted by Crippen LogP contribution is 2.34. The molecule has 2 N–H and O–H groups in total. The molecule has 0 unspecified atom stereocenters. The van der Waals surface area contributed by atoms with Crippen molar-refractivity contribution < 1.29 is 9.47 Å². The third-order valence-electron chi connectivity index (χ3n) is 3.53. The molecule has 1 aromatic carbocycles. The smallest absolute Gasteiger partial charge is 0.0642 e. The molecule has 0 radical (unpaired) electrons. The zero-order valence-electron chi connectivity index (χ0n) is 11.6. The van der Waals surface area contributed by atoms with E-state index in [1.807, 2.05) is 6.07 Å². The second kappa shape index (κ2) is 6.67. The number of rotatable bonds is 3. The minimum absolute atomic E-state index is 0.798. The monoisotopic (exact) mass is 295 g/mol. The Kier molecular flexibility index (Phi) is 4.67. The van der Waals surface area contributed by atoms with Gasteiger partial charge in [-0.2, -0.15) is 0 Å². The van der Waals surface area contributed by atoms with Gasteiger partial charge in [0.1, 0.15) is 0 Å². The summed E-state index contributed by atoms with van der Waals surface area (Å²) < 4.78 is 13.2. The fourth-order valence-corrected chi connectivity index (χ4v) is 3.54. The van der Waals surface area contributed by atoms with Gasteiger partial charge in [-0.05, 0) is 30.1 Å². The molecule has 1 aromatic rings. The molecule has 2 heterocycles. The molecule has 110 valence electrons. The summed E-state index contributed by atoms with van der Waals surface area (Å²) in [6.07, 6.45) is 0. The summed E-state index contributed by atoms with van der Waals surface area (Å²) in [6, 6.07) is 6.18. The van der Waals surface area contributed by atoms with E-state index in [0.29, 0.717) is 0 Å². The normalized spacial score (nSPS) is 21.1. The van der Waals surface area contributed by atoms with Gasteiger partial charge in [0.2, 0.25) is 0 Å². The SMILES string of the molecule is Nc1ccc(N2CCOCC2)c(SN2CCOCC2)c1. The van der Waals surface area contributed by atoms with Crippen LogP contribution >= 0.6 is 11.9 Å². The van der Waals surface area contributed by atoms with Crippen LogP contribution in [0.3, 0.4) is 0 Å². The van der Waals surface area contributed by atoms with E-state index in [1.165, 1.54) is 10.6 Å². The van der Waals surface area contributed by atoms with E-state index in [2.05, 4.69) is 21.3 Å². The molecule has 2 aliphatic rings. The van der Waals surface area contributed by atoms with Gasteiger partial charge in [0.15, 0.2) is 0 Å². The zero-order valence-corrected chi connectivity index (χ0v) is 12.4. The van der Waals surface area contributed by atoms with E-state index in [4.69, 9.17) is 15.2 Å². The molecule has 0 aromatic heterocycles. The molecule has 0 atom stereocenters. The Morgan fingerprint density at radius 1 is 0.950 bits per heavy atom. The van der Waals surface area contributed by atoms with Gasteiger partial charge in [0.25, 0.3) is 0 Å².